The molecule has 102 valence electrons. The molecule has 0 amide bonds. The molecule has 0 aliphatic heterocycles. The van der Waals surface area contributed by atoms with Crippen LogP contribution < -0.4 is 0 Å². The average molecular weight is 250 g/mol. The number of rotatable bonds is 5. The molecule has 3 unspecified atom stereocenters. The Labute approximate surface area is 111 Å². The minimum Gasteiger partial charge on any atom is -0.461 e. The maximum absolute atomic E-state index is 11.7. The molecule has 2 bridgehead atoms. The molecule has 1 saturated carbocycles. The van der Waals surface area contributed by atoms with Crippen LogP contribution >= 0.6 is 0 Å². The van der Waals surface area contributed by atoms with Crippen LogP contribution in [0.4, 0.5) is 0 Å². The van der Waals surface area contributed by atoms with Gasteiger partial charge in [-0.05, 0) is 41.6 Å². The molecule has 0 radical (unpaired) electrons. The van der Waals surface area contributed by atoms with E-state index in [0.29, 0.717) is 30.3 Å². The van der Waals surface area contributed by atoms with Crippen molar-refractivity contribution in [3.05, 3.63) is 11.6 Å². The number of hydrogen-bond donors (Lipinski definition) is 0. The monoisotopic (exact) mass is 250 g/mol. The van der Waals surface area contributed by atoms with Gasteiger partial charge in [0.1, 0.15) is 6.61 Å². The fraction of sp³-hybridized carbons (Fsp3) is 0.812. The van der Waals surface area contributed by atoms with Crippen LogP contribution in [0, 0.1) is 23.2 Å². The summed E-state index contributed by atoms with van der Waals surface area (Å²) >= 11 is 0. The Morgan fingerprint density at radius 2 is 2.28 bits per heavy atom. The number of ether oxygens (including phenoxy) is 1. The van der Waals surface area contributed by atoms with E-state index in [9.17, 15) is 4.79 Å². The summed E-state index contributed by atoms with van der Waals surface area (Å²) in [6.45, 7) is 9.43. The number of carbonyl (C=O) groups excluding carboxylic acids is 1. The van der Waals surface area contributed by atoms with Gasteiger partial charge in [0, 0.05) is 6.42 Å². The summed E-state index contributed by atoms with van der Waals surface area (Å²) in [6.07, 6.45) is 6.36. The van der Waals surface area contributed by atoms with E-state index < -0.39 is 0 Å². The van der Waals surface area contributed by atoms with Crippen LogP contribution in [0.25, 0.3) is 0 Å². The summed E-state index contributed by atoms with van der Waals surface area (Å²) < 4.78 is 5.44. The summed E-state index contributed by atoms with van der Waals surface area (Å²) in [5.41, 5.74) is 1.78. The molecule has 1 fully saturated rings. The van der Waals surface area contributed by atoms with Gasteiger partial charge in [0.25, 0.3) is 0 Å². The zero-order valence-electron chi connectivity index (χ0n) is 12.2. The van der Waals surface area contributed by atoms with E-state index in [4.69, 9.17) is 4.74 Å². The van der Waals surface area contributed by atoms with E-state index in [1.807, 2.05) is 0 Å². The van der Waals surface area contributed by atoms with Crippen molar-refractivity contribution >= 4 is 5.97 Å². The molecule has 0 spiro atoms. The molecule has 3 rings (SSSR count). The first-order valence-electron chi connectivity index (χ1n) is 7.29. The second-order valence-electron chi connectivity index (χ2n) is 6.70. The number of fused-ring (bicyclic) bond motifs is 1. The minimum atomic E-state index is -0.0375. The smallest absolute Gasteiger partial charge is 0.306 e. The zero-order chi connectivity index (χ0) is 13.3. The van der Waals surface area contributed by atoms with E-state index in [2.05, 4.69) is 33.8 Å². The lowest BCUT2D eigenvalue weighted by atomic mass is 9.49. The molecule has 18 heavy (non-hydrogen) atoms. The van der Waals surface area contributed by atoms with Crippen LogP contribution in [0.5, 0.6) is 0 Å². The van der Waals surface area contributed by atoms with E-state index in [0.717, 1.165) is 12.3 Å². The lowest BCUT2D eigenvalue weighted by Crippen LogP contribution is -2.48. The Morgan fingerprint density at radius 1 is 1.56 bits per heavy atom. The summed E-state index contributed by atoms with van der Waals surface area (Å²) in [5, 5.41) is 0. The molecule has 0 saturated heterocycles. The van der Waals surface area contributed by atoms with Crippen LogP contribution in [0.15, 0.2) is 11.6 Å². The van der Waals surface area contributed by atoms with Crippen LogP contribution in [0.3, 0.4) is 0 Å². The molecular formula is C16H26O2. The van der Waals surface area contributed by atoms with Gasteiger partial charge < -0.3 is 4.74 Å². The van der Waals surface area contributed by atoms with E-state index in [1.165, 1.54) is 18.4 Å². The third-order valence-corrected chi connectivity index (χ3v) is 5.19. The van der Waals surface area contributed by atoms with Crippen LogP contribution in [-0.4, -0.2) is 12.6 Å². The second-order valence-corrected chi connectivity index (χ2v) is 6.70. The average Bonchev–Trinajstić information content (AvgIpc) is 2.36. The van der Waals surface area contributed by atoms with Crippen molar-refractivity contribution in [1.29, 1.82) is 0 Å². The van der Waals surface area contributed by atoms with Gasteiger partial charge in [0.15, 0.2) is 0 Å². The minimum absolute atomic E-state index is 0.0375. The Morgan fingerprint density at radius 3 is 2.83 bits per heavy atom. The topological polar surface area (TPSA) is 26.3 Å². The molecule has 2 heteroatoms. The molecule has 0 aromatic heterocycles. The van der Waals surface area contributed by atoms with Crippen LogP contribution in [-0.2, 0) is 9.53 Å². The third-order valence-electron chi connectivity index (χ3n) is 5.19. The van der Waals surface area contributed by atoms with Gasteiger partial charge in [-0.2, -0.15) is 0 Å². The lowest BCUT2D eigenvalue weighted by molar-refractivity contribution is -0.144. The highest BCUT2D eigenvalue weighted by Gasteiger charge is 2.51. The van der Waals surface area contributed by atoms with E-state index >= 15 is 0 Å². The van der Waals surface area contributed by atoms with Crippen molar-refractivity contribution in [1.82, 2.24) is 0 Å². The van der Waals surface area contributed by atoms with Gasteiger partial charge in [-0.3, -0.25) is 4.79 Å². The van der Waals surface area contributed by atoms with Gasteiger partial charge >= 0.3 is 5.97 Å². The quantitative estimate of drug-likeness (QED) is 0.545. The molecule has 3 atom stereocenters. The number of hydrogen-bond acceptors (Lipinski definition) is 2. The largest absolute Gasteiger partial charge is 0.461 e. The Balaban J connectivity index is 1.81. The predicted molar refractivity (Wildman–Crippen MR) is 73.1 cm³/mol. The van der Waals surface area contributed by atoms with Gasteiger partial charge in [-0.1, -0.05) is 40.2 Å². The maximum Gasteiger partial charge on any atom is 0.306 e. The van der Waals surface area contributed by atoms with E-state index in [-0.39, 0.29) is 5.97 Å². The fourth-order valence-electron chi connectivity index (χ4n) is 3.29. The Kier molecular flexibility index (Phi) is 3.84. The summed E-state index contributed by atoms with van der Waals surface area (Å²) in [7, 11) is 0. The van der Waals surface area contributed by atoms with Crippen molar-refractivity contribution < 1.29 is 9.53 Å². The highest BCUT2D eigenvalue weighted by Crippen LogP contribution is 2.59. The highest BCUT2D eigenvalue weighted by molar-refractivity contribution is 5.69. The molecule has 0 aromatic rings. The molecule has 3 aliphatic rings. The van der Waals surface area contributed by atoms with Gasteiger partial charge in [0.2, 0.25) is 0 Å². The summed E-state index contributed by atoms with van der Waals surface area (Å²) in [6, 6.07) is 0. The first kappa shape index (κ1) is 13.6. The first-order chi connectivity index (χ1) is 8.45. The first-order valence-corrected chi connectivity index (χ1v) is 7.29. The van der Waals surface area contributed by atoms with Gasteiger partial charge in [-0.25, -0.2) is 0 Å². The van der Waals surface area contributed by atoms with Crippen molar-refractivity contribution in [2.75, 3.05) is 6.61 Å². The number of carbonyl (C=O) groups is 1. The van der Waals surface area contributed by atoms with Crippen molar-refractivity contribution in [3.63, 3.8) is 0 Å². The van der Waals surface area contributed by atoms with Crippen molar-refractivity contribution in [3.8, 4) is 0 Å². The SMILES string of the molecule is CCC(C)CC(=O)OCC1=CCC2CC1C2(C)C. The second kappa shape index (κ2) is 5.07. The van der Waals surface area contributed by atoms with Gasteiger partial charge in [-0.15, -0.1) is 0 Å². The molecule has 2 nitrogen and oxygen atoms in total. The maximum atomic E-state index is 11.7. The predicted octanol–water partition coefficient (Wildman–Crippen LogP) is 3.96. The summed E-state index contributed by atoms with van der Waals surface area (Å²) in [5.74, 6) is 1.89. The molecule has 3 aliphatic carbocycles. The lowest BCUT2D eigenvalue weighted by Gasteiger charge is -2.56. The molecule has 0 heterocycles. The summed E-state index contributed by atoms with van der Waals surface area (Å²) in [4.78, 5) is 11.7. The highest BCUT2D eigenvalue weighted by atomic mass is 16.5. The zero-order valence-corrected chi connectivity index (χ0v) is 12.2. The van der Waals surface area contributed by atoms with Crippen LogP contribution in [0.1, 0.15) is 53.4 Å². The number of allylic oxidation sites excluding steroid dienone is 1. The standard InChI is InChI=1S/C16H26O2/c1-5-11(2)8-15(17)18-10-12-6-7-13-9-14(12)16(13,3)4/h6,11,13-14H,5,7-10H2,1-4H3. The fourth-order valence-corrected chi connectivity index (χ4v) is 3.29. The number of esters is 1. The molecular weight excluding hydrogens is 224 g/mol. The molecule has 0 aromatic carbocycles. The third kappa shape index (κ3) is 2.48. The van der Waals surface area contributed by atoms with E-state index in [1.54, 1.807) is 0 Å². The molecule has 0 N–H and O–H groups in total. The van der Waals surface area contributed by atoms with Crippen molar-refractivity contribution in [2.24, 2.45) is 23.2 Å². The normalized spacial score (nSPS) is 30.1. The van der Waals surface area contributed by atoms with Crippen LogP contribution in [0.2, 0.25) is 0 Å². The van der Waals surface area contributed by atoms with Crippen molar-refractivity contribution in [2.45, 2.75) is 53.4 Å². The Hall–Kier alpha value is -0.790. The van der Waals surface area contributed by atoms with Gasteiger partial charge in [0.05, 0.1) is 0 Å². The Bertz CT molecular complexity index is 354.